The first kappa shape index (κ1) is 8.80. The molecule has 68 valence electrons. The fourth-order valence-corrected chi connectivity index (χ4v) is 2.77. The van der Waals surface area contributed by atoms with Crippen LogP contribution in [-0.4, -0.2) is 10.8 Å². The molecule has 0 aliphatic carbocycles. The maximum Gasteiger partial charge on any atom is 0.228 e. The van der Waals surface area contributed by atoms with Crippen molar-refractivity contribution in [3.63, 3.8) is 0 Å². The second-order valence-corrected chi connectivity index (χ2v) is 5.19. The molecule has 2 aromatic heterocycles. The SMILES string of the molecule is C[S+]([O-])c1cc(=O)c2occc2s1. The smallest absolute Gasteiger partial charge is 0.228 e. The Morgan fingerprint density at radius 1 is 1.62 bits per heavy atom. The van der Waals surface area contributed by atoms with Crippen molar-refractivity contribution in [1.82, 2.24) is 0 Å². The molecule has 0 aromatic carbocycles. The molecule has 0 aliphatic rings. The summed E-state index contributed by atoms with van der Waals surface area (Å²) in [6.45, 7) is 0. The van der Waals surface area contributed by atoms with Crippen molar-refractivity contribution in [3.05, 3.63) is 28.6 Å². The van der Waals surface area contributed by atoms with Crippen LogP contribution in [0.4, 0.5) is 0 Å². The lowest BCUT2D eigenvalue weighted by atomic mass is 10.5. The zero-order chi connectivity index (χ0) is 9.42. The normalized spacial score (nSPS) is 13.4. The molecule has 0 fully saturated rings. The van der Waals surface area contributed by atoms with E-state index in [2.05, 4.69) is 0 Å². The summed E-state index contributed by atoms with van der Waals surface area (Å²) in [7, 11) is 0. The summed E-state index contributed by atoms with van der Waals surface area (Å²) in [4.78, 5) is 11.3. The predicted molar refractivity (Wildman–Crippen MR) is 52.7 cm³/mol. The maximum atomic E-state index is 11.3. The number of rotatable bonds is 1. The molecule has 2 heterocycles. The predicted octanol–water partition coefficient (Wildman–Crippen LogP) is 1.59. The van der Waals surface area contributed by atoms with Crippen molar-refractivity contribution < 1.29 is 8.97 Å². The number of furan rings is 1. The standard InChI is InChI=1S/C8H6O3S2/c1-13(10)7-4-5(9)8-6(12-7)2-3-11-8/h2-4H,1H3. The number of hydrogen-bond donors (Lipinski definition) is 0. The van der Waals surface area contributed by atoms with Gasteiger partial charge in [0, 0.05) is 0 Å². The highest BCUT2D eigenvalue weighted by molar-refractivity contribution is 7.92. The van der Waals surface area contributed by atoms with Crippen LogP contribution < -0.4 is 5.43 Å². The topological polar surface area (TPSA) is 53.3 Å². The molecule has 0 saturated heterocycles. The Balaban J connectivity index is 2.77. The summed E-state index contributed by atoms with van der Waals surface area (Å²) in [5, 5.41) is 0. The maximum absolute atomic E-state index is 11.3. The molecule has 0 bridgehead atoms. The lowest BCUT2D eigenvalue weighted by Gasteiger charge is -2.00. The highest BCUT2D eigenvalue weighted by atomic mass is 32.2. The van der Waals surface area contributed by atoms with Crippen LogP contribution in [0.15, 0.2) is 31.8 Å². The quantitative estimate of drug-likeness (QED) is 0.677. The highest BCUT2D eigenvalue weighted by Crippen LogP contribution is 2.22. The molecule has 0 amide bonds. The molecule has 5 heteroatoms. The van der Waals surface area contributed by atoms with Gasteiger partial charge in [-0.1, -0.05) is 11.3 Å². The Morgan fingerprint density at radius 3 is 3.08 bits per heavy atom. The molecule has 1 unspecified atom stereocenters. The van der Waals surface area contributed by atoms with Gasteiger partial charge in [-0.3, -0.25) is 4.79 Å². The third kappa shape index (κ3) is 1.50. The molecular formula is C8H6O3S2. The molecule has 0 spiro atoms. The van der Waals surface area contributed by atoms with Crippen molar-refractivity contribution in [1.29, 1.82) is 0 Å². The molecule has 2 rings (SSSR count). The van der Waals surface area contributed by atoms with Gasteiger partial charge in [0.05, 0.1) is 17.0 Å². The van der Waals surface area contributed by atoms with Crippen LogP contribution in [-0.2, 0) is 11.2 Å². The summed E-state index contributed by atoms with van der Waals surface area (Å²) >= 11 is 0.219. The van der Waals surface area contributed by atoms with Gasteiger partial charge in [0.1, 0.15) is 6.26 Å². The van der Waals surface area contributed by atoms with E-state index in [1.165, 1.54) is 23.7 Å². The first-order chi connectivity index (χ1) is 6.18. The summed E-state index contributed by atoms with van der Waals surface area (Å²) in [5.74, 6) is 0. The molecule has 0 radical (unpaired) electrons. The fraction of sp³-hybridized carbons (Fsp3) is 0.125. The van der Waals surface area contributed by atoms with Crippen LogP contribution in [0.2, 0.25) is 0 Å². The van der Waals surface area contributed by atoms with E-state index in [0.29, 0.717) is 9.79 Å². The van der Waals surface area contributed by atoms with Crippen molar-refractivity contribution in [2.75, 3.05) is 6.26 Å². The number of fused-ring (bicyclic) bond motifs is 1. The third-order valence-corrected chi connectivity index (χ3v) is 4.09. The van der Waals surface area contributed by atoms with E-state index in [9.17, 15) is 9.35 Å². The Hall–Kier alpha value is -0.780. The molecular weight excluding hydrogens is 208 g/mol. The van der Waals surface area contributed by atoms with E-state index < -0.39 is 11.2 Å². The molecule has 1 atom stereocenters. The van der Waals surface area contributed by atoms with Crippen molar-refractivity contribution in [2.45, 2.75) is 4.21 Å². The van der Waals surface area contributed by atoms with Gasteiger partial charge in [0.2, 0.25) is 9.64 Å². The first-order valence-electron chi connectivity index (χ1n) is 3.53. The van der Waals surface area contributed by atoms with Crippen molar-refractivity contribution in [2.24, 2.45) is 0 Å². The van der Waals surface area contributed by atoms with E-state index in [1.54, 1.807) is 12.3 Å². The molecule has 0 saturated carbocycles. The second-order valence-electron chi connectivity index (χ2n) is 2.50. The number of hydrogen-bond acceptors (Lipinski definition) is 4. The Kier molecular flexibility index (Phi) is 2.15. The van der Waals surface area contributed by atoms with Gasteiger partial charge in [-0.05, 0) is 17.2 Å². The van der Waals surface area contributed by atoms with Crippen LogP contribution >= 0.6 is 11.3 Å². The Labute approximate surface area is 81.2 Å². The van der Waals surface area contributed by atoms with Crippen LogP contribution in [0.25, 0.3) is 10.3 Å². The van der Waals surface area contributed by atoms with E-state index >= 15 is 0 Å². The minimum atomic E-state index is -1.10. The Morgan fingerprint density at radius 2 is 2.38 bits per heavy atom. The minimum Gasteiger partial charge on any atom is -0.611 e. The van der Waals surface area contributed by atoms with Crippen LogP contribution in [0.3, 0.4) is 0 Å². The molecule has 3 nitrogen and oxygen atoms in total. The summed E-state index contributed by atoms with van der Waals surface area (Å²) in [5.41, 5.74) is 0.142. The van der Waals surface area contributed by atoms with Gasteiger partial charge in [-0.15, -0.1) is 0 Å². The summed E-state index contributed by atoms with van der Waals surface area (Å²) < 4.78 is 17.4. The first-order valence-corrected chi connectivity index (χ1v) is 5.91. The lowest BCUT2D eigenvalue weighted by molar-refractivity contribution is 0.602. The van der Waals surface area contributed by atoms with E-state index in [0.717, 1.165) is 4.70 Å². The summed E-state index contributed by atoms with van der Waals surface area (Å²) in [6, 6.07) is 3.07. The van der Waals surface area contributed by atoms with Gasteiger partial charge in [0.15, 0.2) is 5.58 Å². The summed E-state index contributed by atoms with van der Waals surface area (Å²) in [6.07, 6.45) is 3.02. The van der Waals surface area contributed by atoms with E-state index in [-0.39, 0.29) is 5.43 Å². The van der Waals surface area contributed by atoms with Gasteiger partial charge in [-0.25, -0.2) is 0 Å². The van der Waals surface area contributed by atoms with Crippen molar-refractivity contribution >= 4 is 32.8 Å². The van der Waals surface area contributed by atoms with Gasteiger partial charge in [-0.2, -0.15) is 0 Å². The van der Waals surface area contributed by atoms with Gasteiger partial charge < -0.3 is 8.97 Å². The molecule has 0 N–H and O–H groups in total. The van der Waals surface area contributed by atoms with Crippen LogP contribution in [0, 0.1) is 0 Å². The monoisotopic (exact) mass is 214 g/mol. The molecule has 0 aliphatic heterocycles. The zero-order valence-electron chi connectivity index (χ0n) is 6.77. The van der Waals surface area contributed by atoms with Gasteiger partial charge in [0.25, 0.3) is 0 Å². The van der Waals surface area contributed by atoms with E-state index in [4.69, 9.17) is 4.42 Å². The average Bonchev–Trinajstić information content (AvgIpc) is 2.51. The Bertz CT molecular complexity index is 483. The highest BCUT2D eigenvalue weighted by Gasteiger charge is 2.11. The average molecular weight is 214 g/mol. The van der Waals surface area contributed by atoms with E-state index in [1.807, 2.05) is 0 Å². The fourth-order valence-electron chi connectivity index (χ4n) is 1.01. The largest absolute Gasteiger partial charge is 0.611 e. The zero-order valence-corrected chi connectivity index (χ0v) is 8.41. The van der Waals surface area contributed by atoms with Crippen molar-refractivity contribution in [3.8, 4) is 0 Å². The molecule has 2 aromatic rings. The minimum absolute atomic E-state index is 0.205. The van der Waals surface area contributed by atoms with Crippen LogP contribution in [0.1, 0.15) is 0 Å². The molecule has 13 heavy (non-hydrogen) atoms. The third-order valence-electron chi connectivity index (χ3n) is 1.60. The second kappa shape index (κ2) is 3.17. The van der Waals surface area contributed by atoms with Crippen LogP contribution in [0.5, 0.6) is 0 Å². The van der Waals surface area contributed by atoms with Gasteiger partial charge >= 0.3 is 0 Å². The lowest BCUT2D eigenvalue weighted by Crippen LogP contribution is -2.03.